The lowest BCUT2D eigenvalue weighted by atomic mass is 10.0. The summed E-state index contributed by atoms with van der Waals surface area (Å²) in [6, 6.07) is 2.50. The zero-order valence-corrected chi connectivity index (χ0v) is 7.84. The normalized spacial score (nSPS) is 10.6. The van der Waals surface area contributed by atoms with Gasteiger partial charge in [-0.1, -0.05) is 0 Å². The number of aromatic carboxylic acids is 1. The van der Waals surface area contributed by atoms with Crippen molar-refractivity contribution in [3.63, 3.8) is 0 Å². The lowest BCUT2D eigenvalue weighted by Crippen LogP contribution is -2.02. The zero-order valence-electron chi connectivity index (χ0n) is 7.84. The summed E-state index contributed by atoms with van der Waals surface area (Å²) in [5.41, 5.74) is 0.640. The zero-order chi connectivity index (χ0) is 10.9. The number of hydrogen-bond donors (Lipinski definition) is 1. The molecule has 1 rings (SSSR count). The van der Waals surface area contributed by atoms with E-state index in [1.165, 1.54) is 26.0 Å². The third-order valence-corrected chi connectivity index (χ3v) is 2.08. The topological polar surface area (TPSA) is 37.3 Å². The Kier molecular flexibility index (Phi) is 2.84. The molecule has 0 aliphatic carbocycles. The average Bonchev–Trinajstić information content (AvgIpc) is 2.07. The molecule has 0 saturated heterocycles. The Morgan fingerprint density at radius 1 is 1.29 bits per heavy atom. The van der Waals surface area contributed by atoms with Gasteiger partial charge in [0.1, 0.15) is 0 Å². The quantitative estimate of drug-likeness (QED) is 0.796. The second-order valence-electron chi connectivity index (χ2n) is 3.13. The molecule has 0 amide bonds. The van der Waals surface area contributed by atoms with Crippen LogP contribution in [0.2, 0.25) is 0 Å². The average molecular weight is 200 g/mol. The number of carboxylic acid groups (broad SMARTS) is 1. The van der Waals surface area contributed by atoms with Crippen LogP contribution >= 0.6 is 0 Å². The van der Waals surface area contributed by atoms with E-state index in [1.54, 1.807) is 0 Å². The highest BCUT2D eigenvalue weighted by atomic mass is 19.3. The molecule has 2 nitrogen and oxygen atoms in total. The van der Waals surface area contributed by atoms with Crippen molar-refractivity contribution in [2.45, 2.75) is 20.3 Å². The molecule has 1 aromatic rings. The number of rotatable bonds is 2. The molecule has 0 spiro atoms. The van der Waals surface area contributed by atoms with Crippen molar-refractivity contribution in [1.29, 1.82) is 0 Å². The first-order valence-corrected chi connectivity index (χ1v) is 4.06. The van der Waals surface area contributed by atoms with Crippen LogP contribution in [-0.4, -0.2) is 11.1 Å². The molecule has 0 heterocycles. The Morgan fingerprint density at radius 2 is 1.86 bits per heavy atom. The minimum Gasteiger partial charge on any atom is -0.478 e. The fourth-order valence-electron chi connectivity index (χ4n) is 1.30. The maximum absolute atomic E-state index is 12.4. The summed E-state index contributed by atoms with van der Waals surface area (Å²) in [5, 5.41) is 8.73. The summed E-state index contributed by atoms with van der Waals surface area (Å²) < 4.78 is 24.8. The summed E-state index contributed by atoms with van der Waals surface area (Å²) in [6.45, 7) is 2.99. The summed E-state index contributed by atoms with van der Waals surface area (Å²) in [5.74, 6) is -1.09. The van der Waals surface area contributed by atoms with Crippen LogP contribution in [0.3, 0.4) is 0 Å². The van der Waals surface area contributed by atoms with Gasteiger partial charge < -0.3 is 5.11 Å². The lowest BCUT2D eigenvalue weighted by molar-refractivity contribution is 0.0695. The van der Waals surface area contributed by atoms with E-state index in [2.05, 4.69) is 0 Å². The van der Waals surface area contributed by atoms with Crippen LogP contribution in [0.25, 0.3) is 0 Å². The molecule has 0 saturated carbocycles. The summed E-state index contributed by atoms with van der Waals surface area (Å²) in [7, 11) is 0. The number of benzene rings is 1. The smallest absolute Gasteiger partial charge is 0.335 e. The second-order valence-corrected chi connectivity index (χ2v) is 3.13. The Labute approximate surface area is 80.2 Å². The fourth-order valence-corrected chi connectivity index (χ4v) is 1.30. The first-order valence-electron chi connectivity index (χ1n) is 4.06. The molecule has 0 aromatic heterocycles. The first-order chi connectivity index (χ1) is 6.43. The first kappa shape index (κ1) is 10.6. The van der Waals surface area contributed by atoms with Crippen molar-refractivity contribution >= 4 is 5.97 Å². The molecule has 0 aliphatic heterocycles. The maximum Gasteiger partial charge on any atom is 0.335 e. The van der Waals surface area contributed by atoms with Crippen molar-refractivity contribution in [3.8, 4) is 0 Å². The van der Waals surface area contributed by atoms with E-state index in [1.807, 2.05) is 0 Å². The number of halogens is 2. The Morgan fingerprint density at radius 3 is 2.29 bits per heavy atom. The minimum absolute atomic E-state index is 0.0758. The van der Waals surface area contributed by atoms with Gasteiger partial charge in [-0.25, -0.2) is 13.6 Å². The van der Waals surface area contributed by atoms with Crippen LogP contribution < -0.4 is 0 Å². The van der Waals surface area contributed by atoms with E-state index < -0.39 is 12.4 Å². The number of carboxylic acids is 1. The standard InChI is InChI=1S/C10H10F2O2/c1-5-4-8(10(13)14)6(2)3-7(5)9(11)12/h3-4,9H,1-2H3,(H,13,14). The van der Waals surface area contributed by atoms with Crippen molar-refractivity contribution in [1.82, 2.24) is 0 Å². The van der Waals surface area contributed by atoms with Gasteiger partial charge in [-0.05, 0) is 37.1 Å². The van der Waals surface area contributed by atoms with E-state index in [0.717, 1.165) is 0 Å². The predicted octanol–water partition coefficient (Wildman–Crippen LogP) is 2.94. The van der Waals surface area contributed by atoms with Crippen LogP contribution in [0.1, 0.15) is 33.5 Å². The summed E-state index contributed by atoms with van der Waals surface area (Å²) in [6.07, 6.45) is -2.56. The van der Waals surface area contributed by atoms with Crippen LogP contribution in [0.4, 0.5) is 8.78 Å². The van der Waals surface area contributed by atoms with E-state index in [-0.39, 0.29) is 11.1 Å². The van der Waals surface area contributed by atoms with Crippen LogP contribution in [0.15, 0.2) is 12.1 Å². The molecule has 0 radical (unpaired) electrons. The van der Waals surface area contributed by atoms with E-state index in [4.69, 9.17) is 5.11 Å². The maximum atomic E-state index is 12.4. The van der Waals surface area contributed by atoms with E-state index in [0.29, 0.717) is 11.1 Å². The molecule has 1 aromatic carbocycles. The number of carbonyl (C=O) groups is 1. The fraction of sp³-hybridized carbons (Fsp3) is 0.300. The van der Waals surface area contributed by atoms with Crippen molar-refractivity contribution in [3.05, 3.63) is 34.4 Å². The van der Waals surface area contributed by atoms with Crippen molar-refractivity contribution in [2.75, 3.05) is 0 Å². The molecule has 1 N–H and O–H groups in total. The largest absolute Gasteiger partial charge is 0.478 e. The third-order valence-electron chi connectivity index (χ3n) is 2.08. The van der Waals surface area contributed by atoms with Gasteiger partial charge in [0.25, 0.3) is 6.43 Å². The molecule has 76 valence electrons. The lowest BCUT2D eigenvalue weighted by Gasteiger charge is -2.08. The summed E-state index contributed by atoms with van der Waals surface area (Å²) >= 11 is 0. The SMILES string of the molecule is Cc1cc(C(F)F)c(C)cc1C(=O)O. The summed E-state index contributed by atoms with van der Waals surface area (Å²) in [4.78, 5) is 10.7. The molecule has 4 heteroatoms. The van der Waals surface area contributed by atoms with Crippen LogP contribution in [-0.2, 0) is 0 Å². The Balaban J connectivity index is 3.31. The number of aryl methyl sites for hydroxylation is 2. The van der Waals surface area contributed by atoms with Gasteiger partial charge in [-0.2, -0.15) is 0 Å². The molecule has 14 heavy (non-hydrogen) atoms. The number of alkyl halides is 2. The van der Waals surface area contributed by atoms with Crippen LogP contribution in [0, 0.1) is 13.8 Å². The second kappa shape index (κ2) is 3.74. The van der Waals surface area contributed by atoms with Gasteiger partial charge in [-0.3, -0.25) is 0 Å². The van der Waals surface area contributed by atoms with Gasteiger partial charge in [0.15, 0.2) is 0 Å². The Hall–Kier alpha value is -1.45. The van der Waals surface area contributed by atoms with Crippen LogP contribution in [0.5, 0.6) is 0 Å². The highest BCUT2D eigenvalue weighted by Crippen LogP contribution is 2.25. The monoisotopic (exact) mass is 200 g/mol. The minimum atomic E-state index is -2.56. The van der Waals surface area contributed by atoms with Crippen molar-refractivity contribution < 1.29 is 18.7 Å². The molecule has 0 aliphatic rings. The van der Waals surface area contributed by atoms with Gasteiger partial charge in [0.2, 0.25) is 0 Å². The Bertz CT molecular complexity index is 373. The highest BCUT2D eigenvalue weighted by molar-refractivity contribution is 5.89. The van der Waals surface area contributed by atoms with Gasteiger partial charge >= 0.3 is 5.97 Å². The van der Waals surface area contributed by atoms with Gasteiger partial charge in [0.05, 0.1) is 5.56 Å². The van der Waals surface area contributed by atoms with E-state index in [9.17, 15) is 13.6 Å². The van der Waals surface area contributed by atoms with E-state index >= 15 is 0 Å². The molecule has 0 fully saturated rings. The van der Waals surface area contributed by atoms with Gasteiger partial charge in [0, 0.05) is 5.56 Å². The molecule has 0 bridgehead atoms. The number of hydrogen-bond acceptors (Lipinski definition) is 1. The molecule has 0 atom stereocenters. The predicted molar refractivity (Wildman–Crippen MR) is 47.8 cm³/mol. The highest BCUT2D eigenvalue weighted by Gasteiger charge is 2.15. The molecular weight excluding hydrogens is 190 g/mol. The van der Waals surface area contributed by atoms with Crippen molar-refractivity contribution in [2.24, 2.45) is 0 Å². The molecule has 0 unspecified atom stereocenters. The molecular formula is C10H10F2O2. The third kappa shape index (κ3) is 1.89. The van der Waals surface area contributed by atoms with Gasteiger partial charge in [-0.15, -0.1) is 0 Å².